The van der Waals surface area contributed by atoms with Crippen LogP contribution >= 0.6 is 11.3 Å². The van der Waals surface area contributed by atoms with Gasteiger partial charge in [-0.05, 0) is 66.4 Å². The molecule has 4 aromatic rings. The number of halogens is 1. The minimum atomic E-state index is -0.904. The van der Waals surface area contributed by atoms with Crippen molar-refractivity contribution >= 4 is 44.1 Å². The molecular weight excluding hydrogens is 491 g/mol. The highest BCUT2D eigenvalue weighted by Gasteiger charge is 2.48. The van der Waals surface area contributed by atoms with Crippen molar-refractivity contribution in [3.05, 3.63) is 94.8 Å². The number of carbonyl (C=O) groups is 2. The summed E-state index contributed by atoms with van der Waals surface area (Å²) >= 11 is 1.27. The Kier molecular flexibility index (Phi) is 6.52. The molecule has 188 valence electrons. The molecule has 0 spiro atoms. The van der Waals surface area contributed by atoms with Gasteiger partial charge in [0.25, 0.3) is 5.78 Å². The lowest BCUT2D eigenvalue weighted by molar-refractivity contribution is -0.132. The Morgan fingerprint density at radius 3 is 2.43 bits per heavy atom. The lowest BCUT2D eigenvalue weighted by Gasteiger charge is -2.23. The van der Waals surface area contributed by atoms with Crippen molar-refractivity contribution in [3.8, 4) is 5.75 Å². The maximum absolute atomic E-state index is 13.5. The first kappa shape index (κ1) is 24.6. The standard InChI is InChI=1S/C29H25FN2O4S/c1-4-36-21-13-14-22-23(15-21)37-29(31-22)32-25(18-7-5-17(6-8-18)16(2)3)24(27(34)28(32)35)26(33)19-9-11-20(30)12-10-19/h5-16,25,33H,4H2,1-3H3/b26-24+/t25-/m0/s1. The first-order chi connectivity index (χ1) is 17.8. The van der Waals surface area contributed by atoms with E-state index in [1.807, 2.05) is 43.3 Å². The highest BCUT2D eigenvalue weighted by atomic mass is 32.1. The Morgan fingerprint density at radius 2 is 1.78 bits per heavy atom. The van der Waals surface area contributed by atoms with Gasteiger partial charge >= 0.3 is 5.91 Å². The zero-order valence-electron chi connectivity index (χ0n) is 20.6. The van der Waals surface area contributed by atoms with Crippen LogP contribution in [0.25, 0.3) is 16.0 Å². The van der Waals surface area contributed by atoms with Crippen LogP contribution in [0.2, 0.25) is 0 Å². The van der Waals surface area contributed by atoms with E-state index in [-0.39, 0.29) is 16.9 Å². The second-order valence-electron chi connectivity index (χ2n) is 9.06. The normalized spacial score (nSPS) is 17.2. The van der Waals surface area contributed by atoms with Crippen LogP contribution in [-0.2, 0) is 9.59 Å². The molecule has 1 N–H and O–H groups in total. The van der Waals surface area contributed by atoms with E-state index in [4.69, 9.17) is 4.74 Å². The van der Waals surface area contributed by atoms with E-state index < -0.39 is 23.5 Å². The third kappa shape index (κ3) is 4.49. The first-order valence-electron chi connectivity index (χ1n) is 12.0. The van der Waals surface area contributed by atoms with Crippen LogP contribution in [0.3, 0.4) is 0 Å². The highest BCUT2D eigenvalue weighted by Crippen LogP contribution is 2.44. The summed E-state index contributed by atoms with van der Waals surface area (Å²) in [5, 5.41) is 11.5. The second-order valence-corrected chi connectivity index (χ2v) is 10.1. The SMILES string of the molecule is CCOc1ccc2nc(N3C(=O)C(=O)/C(=C(/O)c4ccc(F)cc4)[C@@H]3c3ccc(C(C)C)cc3)sc2c1. The van der Waals surface area contributed by atoms with Crippen LogP contribution in [-0.4, -0.2) is 28.4 Å². The molecule has 1 aliphatic heterocycles. The summed E-state index contributed by atoms with van der Waals surface area (Å²) in [4.78, 5) is 32.8. The number of aliphatic hydroxyl groups excluding tert-OH is 1. The van der Waals surface area contributed by atoms with Gasteiger partial charge in [0, 0.05) is 5.56 Å². The Balaban J connectivity index is 1.68. The summed E-state index contributed by atoms with van der Waals surface area (Å²) in [6.45, 7) is 6.56. The van der Waals surface area contributed by atoms with Crippen LogP contribution in [0.4, 0.5) is 9.52 Å². The van der Waals surface area contributed by atoms with E-state index in [1.54, 1.807) is 6.07 Å². The minimum absolute atomic E-state index is 0.0665. The first-order valence-corrected chi connectivity index (χ1v) is 12.8. The Bertz CT molecular complexity index is 1520. The fraction of sp³-hybridized carbons (Fsp3) is 0.207. The summed E-state index contributed by atoms with van der Waals surface area (Å²) in [5.41, 5.74) is 2.60. The van der Waals surface area contributed by atoms with Gasteiger partial charge < -0.3 is 9.84 Å². The monoisotopic (exact) mass is 516 g/mol. The summed E-state index contributed by atoms with van der Waals surface area (Å²) in [7, 11) is 0. The van der Waals surface area contributed by atoms with Gasteiger partial charge in [-0.25, -0.2) is 9.37 Å². The molecular formula is C29H25FN2O4S. The van der Waals surface area contributed by atoms with Gasteiger partial charge in [0.2, 0.25) is 0 Å². The number of hydrogen-bond acceptors (Lipinski definition) is 6. The van der Waals surface area contributed by atoms with Crippen LogP contribution in [0.5, 0.6) is 5.75 Å². The number of benzene rings is 3. The molecule has 0 radical (unpaired) electrons. The van der Waals surface area contributed by atoms with Gasteiger partial charge in [-0.1, -0.05) is 49.4 Å². The maximum atomic E-state index is 13.5. The van der Waals surface area contributed by atoms with Gasteiger partial charge in [0.15, 0.2) is 5.13 Å². The second kappa shape index (κ2) is 9.78. The molecule has 1 atom stereocenters. The number of carbonyl (C=O) groups excluding carboxylic acids is 2. The van der Waals surface area contributed by atoms with E-state index >= 15 is 0 Å². The number of aromatic nitrogens is 1. The molecule has 2 heterocycles. The summed E-state index contributed by atoms with van der Waals surface area (Å²) in [5.74, 6) is -1.47. The molecule has 1 aliphatic rings. The van der Waals surface area contributed by atoms with Crippen molar-refractivity contribution in [2.45, 2.75) is 32.7 Å². The van der Waals surface area contributed by atoms with Crippen molar-refractivity contribution in [1.82, 2.24) is 4.98 Å². The van der Waals surface area contributed by atoms with Crippen molar-refractivity contribution in [3.63, 3.8) is 0 Å². The number of anilines is 1. The van der Waals surface area contributed by atoms with Crippen LogP contribution in [0.1, 0.15) is 49.4 Å². The molecule has 6 nitrogen and oxygen atoms in total. The molecule has 0 unspecified atom stereocenters. The predicted molar refractivity (Wildman–Crippen MR) is 143 cm³/mol. The molecule has 1 fully saturated rings. The van der Waals surface area contributed by atoms with E-state index in [1.165, 1.54) is 40.5 Å². The number of thiazole rings is 1. The number of fused-ring (bicyclic) bond motifs is 1. The van der Waals surface area contributed by atoms with Gasteiger partial charge in [0.1, 0.15) is 17.3 Å². The number of rotatable bonds is 6. The van der Waals surface area contributed by atoms with Crippen molar-refractivity contribution in [2.24, 2.45) is 0 Å². The lowest BCUT2D eigenvalue weighted by Crippen LogP contribution is -2.29. The highest BCUT2D eigenvalue weighted by molar-refractivity contribution is 7.22. The molecule has 0 bridgehead atoms. The fourth-order valence-corrected chi connectivity index (χ4v) is 5.44. The minimum Gasteiger partial charge on any atom is -0.507 e. The number of hydrogen-bond donors (Lipinski definition) is 1. The van der Waals surface area contributed by atoms with Crippen molar-refractivity contribution in [2.75, 3.05) is 11.5 Å². The zero-order chi connectivity index (χ0) is 26.3. The van der Waals surface area contributed by atoms with Crippen LogP contribution < -0.4 is 9.64 Å². The molecule has 8 heteroatoms. The van der Waals surface area contributed by atoms with Crippen molar-refractivity contribution in [1.29, 1.82) is 0 Å². The van der Waals surface area contributed by atoms with Gasteiger partial charge in [-0.15, -0.1) is 0 Å². The Labute approximate surface area is 217 Å². The Morgan fingerprint density at radius 1 is 1.08 bits per heavy atom. The fourth-order valence-electron chi connectivity index (χ4n) is 4.42. The van der Waals surface area contributed by atoms with Crippen LogP contribution in [0.15, 0.2) is 72.3 Å². The van der Waals surface area contributed by atoms with Gasteiger partial charge in [-0.3, -0.25) is 14.5 Å². The molecule has 1 saturated heterocycles. The predicted octanol–water partition coefficient (Wildman–Crippen LogP) is 6.58. The summed E-state index contributed by atoms with van der Waals surface area (Å²) in [6.07, 6.45) is 0. The average molecular weight is 517 g/mol. The molecule has 1 aromatic heterocycles. The van der Waals surface area contributed by atoms with Crippen molar-refractivity contribution < 1.29 is 23.8 Å². The molecule has 0 saturated carbocycles. The van der Waals surface area contributed by atoms with E-state index in [2.05, 4.69) is 18.8 Å². The maximum Gasteiger partial charge on any atom is 0.301 e. The molecule has 3 aromatic carbocycles. The molecule has 37 heavy (non-hydrogen) atoms. The summed E-state index contributed by atoms with van der Waals surface area (Å²) in [6, 6.07) is 17.3. The number of ether oxygens (including phenoxy) is 1. The van der Waals surface area contributed by atoms with Crippen LogP contribution in [0, 0.1) is 5.82 Å². The topological polar surface area (TPSA) is 79.7 Å². The number of ketones is 1. The average Bonchev–Trinajstić information content (AvgIpc) is 3.42. The summed E-state index contributed by atoms with van der Waals surface area (Å²) < 4.78 is 19.9. The zero-order valence-corrected chi connectivity index (χ0v) is 21.4. The Hall–Kier alpha value is -4.04. The van der Waals surface area contributed by atoms with E-state index in [9.17, 15) is 19.1 Å². The van der Waals surface area contributed by atoms with Gasteiger partial charge in [-0.2, -0.15) is 0 Å². The van der Waals surface area contributed by atoms with E-state index in [0.29, 0.717) is 34.5 Å². The smallest absolute Gasteiger partial charge is 0.301 e. The lowest BCUT2D eigenvalue weighted by atomic mass is 9.93. The number of amides is 1. The molecule has 5 rings (SSSR count). The quantitative estimate of drug-likeness (QED) is 0.178. The number of aliphatic hydroxyl groups is 1. The number of Topliss-reactive ketones (excluding diaryl/α,β-unsaturated/α-hetero) is 1. The van der Waals surface area contributed by atoms with E-state index in [0.717, 1.165) is 10.3 Å². The molecule has 1 amide bonds. The number of nitrogens with zero attached hydrogens (tertiary/aromatic N) is 2. The van der Waals surface area contributed by atoms with Gasteiger partial charge in [0.05, 0.1) is 28.4 Å². The molecule has 0 aliphatic carbocycles. The third-order valence-electron chi connectivity index (χ3n) is 6.35. The third-order valence-corrected chi connectivity index (χ3v) is 7.36. The largest absolute Gasteiger partial charge is 0.507 e.